The van der Waals surface area contributed by atoms with Gasteiger partial charge in [-0.3, -0.25) is 0 Å². The van der Waals surface area contributed by atoms with Crippen LogP contribution in [0.25, 0.3) is 18.2 Å². The fraction of sp³-hybridized carbons (Fsp3) is 0.176. The Morgan fingerprint density at radius 3 is 1.46 bits per heavy atom. The van der Waals surface area contributed by atoms with Crippen LogP contribution in [-0.4, -0.2) is 28.4 Å². The molecular formula is C34H44O5. The van der Waals surface area contributed by atoms with Crippen molar-refractivity contribution in [3.05, 3.63) is 141 Å². The molecule has 39 heavy (non-hydrogen) atoms. The molecule has 0 amide bonds. The highest BCUT2D eigenvalue weighted by atomic mass is 16.6. The van der Waals surface area contributed by atoms with Crippen LogP contribution in [0, 0.1) is 0 Å². The number of aliphatic hydroxyl groups is 1. The molecule has 1 atom stereocenters. The zero-order valence-corrected chi connectivity index (χ0v) is 23.6. The minimum absolute atomic E-state index is 0.176. The Balaban J connectivity index is -0.000000431. The third-order valence-electron chi connectivity index (χ3n) is 4.13. The molecular weight excluding hydrogens is 488 g/mol. The Labute approximate surface area is 235 Å². The summed E-state index contributed by atoms with van der Waals surface area (Å²) in [4.78, 5) is 20.3. The standard InChI is InChI=1S/C10H10.C8H14O3.C8H8.C4H6O2.C4H6/c1-3-9-7-5-6-8-10(9)4-2;1-4-5-7(9)11-8(10)6(2)3;1-2-8-6-4-3-5-7-8;1-3(2)4(5)6;1-3-4-2/h3-8H,1-2H2;7,9H,2,4-5H2,1,3H3;2-7H,1H2;1H2,2H3,(H,5,6);3-4H,1-2H2. The van der Waals surface area contributed by atoms with E-state index in [1.807, 2.05) is 79.7 Å². The minimum atomic E-state index is -0.982. The second-order valence-electron chi connectivity index (χ2n) is 7.64. The van der Waals surface area contributed by atoms with Crippen molar-refractivity contribution in [1.82, 2.24) is 0 Å². The Kier molecular flexibility index (Phi) is 26.6. The maximum atomic E-state index is 10.7. The second kappa shape index (κ2) is 26.6. The largest absolute Gasteiger partial charge is 0.478 e. The summed E-state index contributed by atoms with van der Waals surface area (Å²) in [5, 5.41) is 16.9. The Hall–Kier alpha value is -4.48. The van der Waals surface area contributed by atoms with Crippen molar-refractivity contribution < 1.29 is 24.5 Å². The molecule has 0 aliphatic carbocycles. The molecule has 2 N–H and O–H groups in total. The van der Waals surface area contributed by atoms with Crippen LogP contribution in [0.5, 0.6) is 0 Å². The molecule has 0 spiro atoms. The number of carboxylic acid groups (broad SMARTS) is 1. The van der Waals surface area contributed by atoms with Crippen molar-refractivity contribution >= 4 is 30.2 Å². The average molecular weight is 533 g/mol. The van der Waals surface area contributed by atoms with Crippen LogP contribution in [0.2, 0.25) is 0 Å². The number of hydrogen-bond donors (Lipinski definition) is 2. The highest BCUT2D eigenvalue weighted by Gasteiger charge is 2.09. The molecule has 5 heteroatoms. The van der Waals surface area contributed by atoms with Gasteiger partial charge in [-0.1, -0.05) is 144 Å². The molecule has 0 aromatic heterocycles. The predicted octanol–water partition coefficient (Wildman–Crippen LogP) is 8.53. The highest BCUT2D eigenvalue weighted by Crippen LogP contribution is 2.10. The molecule has 0 saturated heterocycles. The molecule has 0 aliphatic rings. The van der Waals surface area contributed by atoms with Gasteiger partial charge in [0.1, 0.15) is 0 Å². The number of rotatable bonds is 9. The molecule has 2 rings (SSSR count). The first-order valence-electron chi connectivity index (χ1n) is 12.1. The van der Waals surface area contributed by atoms with Gasteiger partial charge in [0.05, 0.1) is 0 Å². The predicted molar refractivity (Wildman–Crippen MR) is 168 cm³/mol. The number of carbonyl (C=O) groups excluding carboxylic acids is 1. The number of carboxylic acids is 1. The van der Waals surface area contributed by atoms with Gasteiger partial charge in [-0.2, -0.15) is 0 Å². The molecule has 0 heterocycles. The van der Waals surface area contributed by atoms with Crippen LogP contribution in [0.15, 0.2) is 124 Å². The summed E-state index contributed by atoms with van der Waals surface area (Å²) >= 11 is 0. The van der Waals surface area contributed by atoms with Crippen LogP contribution >= 0.6 is 0 Å². The number of benzene rings is 2. The number of allylic oxidation sites excluding steroid dienone is 2. The lowest BCUT2D eigenvalue weighted by molar-refractivity contribution is -0.163. The maximum absolute atomic E-state index is 10.7. The van der Waals surface area contributed by atoms with E-state index < -0.39 is 18.2 Å². The van der Waals surface area contributed by atoms with E-state index >= 15 is 0 Å². The SMILES string of the molecule is C=C(C)C(=O)O.C=C(C)C(=O)OC(O)CCC.C=CC=C.C=Cc1ccccc1.C=Cc1ccccc1C=C. The minimum Gasteiger partial charge on any atom is -0.478 e. The van der Waals surface area contributed by atoms with E-state index in [9.17, 15) is 9.59 Å². The van der Waals surface area contributed by atoms with Crippen LogP contribution in [0.3, 0.4) is 0 Å². The summed E-state index contributed by atoms with van der Waals surface area (Å²) in [5.74, 6) is -1.47. The quantitative estimate of drug-likeness (QED) is 0.146. The number of carbonyl (C=O) groups is 2. The van der Waals surface area contributed by atoms with Gasteiger partial charge in [-0.15, -0.1) is 0 Å². The molecule has 2 aromatic carbocycles. The fourth-order valence-corrected chi connectivity index (χ4v) is 2.00. The molecule has 1 unspecified atom stereocenters. The first kappa shape index (κ1) is 39.0. The lowest BCUT2D eigenvalue weighted by atomic mass is 10.1. The van der Waals surface area contributed by atoms with Gasteiger partial charge in [-0.25, -0.2) is 9.59 Å². The van der Waals surface area contributed by atoms with Gasteiger partial charge in [0, 0.05) is 17.6 Å². The van der Waals surface area contributed by atoms with E-state index in [0.29, 0.717) is 12.0 Å². The van der Waals surface area contributed by atoms with Gasteiger partial charge in [0.25, 0.3) is 0 Å². The van der Waals surface area contributed by atoms with Crippen molar-refractivity contribution in [1.29, 1.82) is 0 Å². The monoisotopic (exact) mass is 532 g/mol. The number of aliphatic hydroxyl groups excluding tert-OH is 1. The molecule has 5 nitrogen and oxygen atoms in total. The van der Waals surface area contributed by atoms with Gasteiger partial charge in [0.2, 0.25) is 6.29 Å². The van der Waals surface area contributed by atoms with Gasteiger partial charge >= 0.3 is 11.9 Å². The smallest absolute Gasteiger partial charge is 0.335 e. The van der Waals surface area contributed by atoms with Crippen LogP contribution < -0.4 is 0 Å². The van der Waals surface area contributed by atoms with Crippen molar-refractivity contribution in [3.63, 3.8) is 0 Å². The summed E-state index contributed by atoms with van der Waals surface area (Å²) in [6, 6.07) is 18.0. The first-order chi connectivity index (χ1) is 18.4. The molecule has 2 aromatic rings. The summed E-state index contributed by atoms with van der Waals surface area (Å²) in [7, 11) is 0. The zero-order valence-electron chi connectivity index (χ0n) is 23.6. The van der Waals surface area contributed by atoms with Gasteiger partial charge in [0.15, 0.2) is 0 Å². The maximum Gasteiger partial charge on any atom is 0.335 e. The molecule has 0 fully saturated rings. The summed E-state index contributed by atoms with van der Waals surface area (Å²) in [6.07, 6.45) is 9.04. The Morgan fingerprint density at radius 1 is 0.795 bits per heavy atom. The normalized spacial score (nSPS) is 9.13. The molecule has 0 saturated carbocycles. The van der Waals surface area contributed by atoms with Crippen molar-refractivity contribution in [2.24, 2.45) is 0 Å². The van der Waals surface area contributed by atoms with Crippen molar-refractivity contribution in [2.45, 2.75) is 39.9 Å². The fourth-order valence-electron chi connectivity index (χ4n) is 2.00. The van der Waals surface area contributed by atoms with Crippen LogP contribution in [0.4, 0.5) is 0 Å². The number of hydrogen-bond acceptors (Lipinski definition) is 4. The van der Waals surface area contributed by atoms with E-state index in [0.717, 1.165) is 17.5 Å². The summed E-state index contributed by atoms with van der Waals surface area (Å²) in [6.45, 7) is 29.2. The Morgan fingerprint density at radius 2 is 1.21 bits per heavy atom. The number of aliphatic carboxylic acids is 1. The summed E-state index contributed by atoms with van der Waals surface area (Å²) in [5.41, 5.74) is 3.93. The van der Waals surface area contributed by atoms with Crippen molar-refractivity contribution in [2.75, 3.05) is 0 Å². The Bertz CT molecular complexity index is 1000. The van der Waals surface area contributed by atoms with E-state index in [-0.39, 0.29) is 5.57 Å². The zero-order chi connectivity index (χ0) is 30.6. The molecule has 210 valence electrons. The lowest BCUT2D eigenvalue weighted by Gasteiger charge is -2.09. The van der Waals surface area contributed by atoms with Crippen LogP contribution in [0.1, 0.15) is 50.3 Å². The highest BCUT2D eigenvalue weighted by molar-refractivity contribution is 5.87. The van der Waals surface area contributed by atoms with Gasteiger partial charge in [-0.05, 0) is 30.5 Å². The third kappa shape index (κ3) is 25.0. The van der Waals surface area contributed by atoms with E-state index in [1.54, 1.807) is 19.1 Å². The van der Waals surface area contributed by atoms with Crippen molar-refractivity contribution in [3.8, 4) is 0 Å². The average Bonchev–Trinajstić information content (AvgIpc) is 2.94. The lowest BCUT2D eigenvalue weighted by Crippen LogP contribution is -2.17. The topological polar surface area (TPSA) is 83.8 Å². The second-order valence-corrected chi connectivity index (χ2v) is 7.64. The molecule has 0 bridgehead atoms. The third-order valence-corrected chi connectivity index (χ3v) is 4.13. The molecule has 0 aliphatic heterocycles. The van der Waals surface area contributed by atoms with E-state index in [2.05, 4.69) is 50.8 Å². The summed E-state index contributed by atoms with van der Waals surface area (Å²) < 4.78 is 4.57. The van der Waals surface area contributed by atoms with Gasteiger partial charge < -0.3 is 14.9 Å². The van der Waals surface area contributed by atoms with Crippen LogP contribution in [-0.2, 0) is 14.3 Å². The number of esters is 1. The van der Waals surface area contributed by atoms with E-state index in [4.69, 9.17) is 10.2 Å². The number of ether oxygens (including phenoxy) is 1. The molecule has 0 radical (unpaired) electrons. The first-order valence-corrected chi connectivity index (χ1v) is 12.1. The van der Waals surface area contributed by atoms with E-state index in [1.165, 1.54) is 12.5 Å².